The molecule has 0 radical (unpaired) electrons. The van der Waals surface area contributed by atoms with E-state index >= 15 is 0 Å². The van der Waals surface area contributed by atoms with Crippen molar-refractivity contribution < 1.29 is 18.7 Å². The Labute approximate surface area is 151 Å². The summed E-state index contributed by atoms with van der Waals surface area (Å²) in [6.45, 7) is 0.957. The van der Waals surface area contributed by atoms with Gasteiger partial charge in [-0.15, -0.1) is 0 Å². The molecule has 1 aliphatic heterocycles. The molecule has 0 unspecified atom stereocenters. The predicted octanol–water partition coefficient (Wildman–Crippen LogP) is 3.33. The number of methoxy groups -OCH3 is 1. The molecule has 3 rings (SSSR count). The smallest absolute Gasteiger partial charge is 0.257 e. The van der Waals surface area contributed by atoms with Crippen LogP contribution in [0, 0.1) is 11.7 Å². The number of halogens is 1. The lowest BCUT2D eigenvalue weighted by Crippen LogP contribution is -2.41. The van der Waals surface area contributed by atoms with E-state index < -0.39 is 5.82 Å². The van der Waals surface area contributed by atoms with Gasteiger partial charge >= 0.3 is 0 Å². The highest BCUT2D eigenvalue weighted by molar-refractivity contribution is 5.97. The molecule has 2 aromatic carbocycles. The average molecular weight is 356 g/mol. The third-order valence-corrected chi connectivity index (χ3v) is 4.62. The molecule has 1 aliphatic rings. The highest BCUT2D eigenvalue weighted by Gasteiger charge is 2.29. The largest absolute Gasteiger partial charge is 0.496 e. The van der Waals surface area contributed by atoms with Gasteiger partial charge in [0.05, 0.1) is 18.4 Å². The van der Waals surface area contributed by atoms with Crippen LogP contribution in [0.25, 0.3) is 0 Å². The Balaban J connectivity index is 1.59. The Hall–Kier alpha value is -2.89. The van der Waals surface area contributed by atoms with Crippen LogP contribution < -0.4 is 10.1 Å². The summed E-state index contributed by atoms with van der Waals surface area (Å²) in [5, 5.41) is 2.64. The molecule has 0 saturated carbocycles. The first-order valence-electron chi connectivity index (χ1n) is 8.58. The first-order valence-corrected chi connectivity index (χ1v) is 8.58. The molecule has 0 aliphatic carbocycles. The quantitative estimate of drug-likeness (QED) is 0.914. The first-order chi connectivity index (χ1) is 12.6. The summed E-state index contributed by atoms with van der Waals surface area (Å²) in [7, 11) is 1.53. The highest BCUT2D eigenvalue weighted by atomic mass is 19.1. The topological polar surface area (TPSA) is 58.6 Å². The van der Waals surface area contributed by atoms with Gasteiger partial charge in [-0.1, -0.05) is 24.3 Å². The minimum Gasteiger partial charge on any atom is -0.496 e. The number of benzene rings is 2. The van der Waals surface area contributed by atoms with Crippen LogP contribution in [0.2, 0.25) is 0 Å². The van der Waals surface area contributed by atoms with Gasteiger partial charge in [-0.2, -0.15) is 0 Å². The summed E-state index contributed by atoms with van der Waals surface area (Å²) in [5.41, 5.74) is 0.703. The third kappa shape index (κ3) is 3.85. The molecule has 1 N–H and O–H groups in total. The van der Waals surface area contributed by atoms with Gasteiger partial charge in [-0.3, -0.25) is 9.59 Å². The zero-order valence-electron chi connectivity index (χ0n) is 14.6. The molecule has 5 nitrogen and oxygen atoms in total. The van der Waals surface area contributed by atoms with Crippen LogP contribution in [-0.4, -0.2) is 36.9 Å². The molecular weight excluding hydrogens is 335 g/mol. The van der Waals surface area contributed by atoms with Gasteiger partial charge in [-0.25, -0.2) is 4.39 Å². The molecule has 26 heavy (non-hydrogen) atoms. The fraction of sp³-hybridized carbons (Fsp3) is 0.300. The number of amides is 2. The van der Waals surface area contributed by atoms with E-state index in [-0.39, 0.29) is 23.4 Å². The minimum absolute atomic E-state index is 0.101. The number of carbonyl (C=O) groups is 2. The second kappa shape index (κ2) is 7.99. The summed E-state index contributed by atoms with van der Waals surface area (Å²) in [6, 6.07) is 13.2. The molecular formula is C20H21FN2O3. The van der Waals surface area contributed by atoms with Gasteiger partial charge in [0.25, 0.3) is 5.91 Å². The molecule has 0 bridgehead atoms. The summed E-state index contributed by atoms with van der Waals surface area (Å²) >= 11 is 0. The fourth-order valence-corrected chi connectivity index (χ4v) is 3.13. The average Bonchev–Trinajstić information content (AvgIpc) is 2.69. The van der Waals surface area contributed by atoms with Gasteiger partial charge in [0.2, 0.25) is 5.91 Å². The Morgan fingerprint density at radius 3 is 2.42 bits per heavy atom. The van der Waals surface area contributed by atoms with E-state index in [1.54, 1.807) is 35.2 Å². The van der Waals surface area contributed by atoms with Gasteiger partial charge in [0.1, 0.15) is 11.6 Å². The molecule has 1 fully saturated rings. The van der Waals surface area contributed by atoms with Gasteiger partial charge in [-0.05, 0) is 37.1 Å². The zero-order chi connectivity index (χ0) is 18.5. The van der Waals surface area contributed by atoms with Crippen molar-refractivity contribution in [1.82, 2.24) is 4.90 Å². The zero-order valence-corrected chi connectivity index (χ0v) is 14.6. The van der Waals surface area contributed by atoms with Crippen molar-refractivity contribution >= 4 is 17.5 Å². The lowest BCUT2D eigenvalue weighted by Gasteiger charge is -2.31. The maximum absolute atomic E-state index is 13.7. The molecule has 1 saturated heterocycles. The summed E-state index contributed by atoms with van der Waals surface area (Å²) in [4.78, 5) is 26.8. The van der Waals surface area contributed by atoms with Gasteiger partial charge in [0.15, 0.2) is 0 Å². The fourth-order valence-electron chi connectivity index (χ4n) is 3.13. The van der Waals surface area contributed by atoms with E-state index in [2.05, 4.69) is 5.32 Å². The number of nitrogens with zero attached hydrogens (tertiary/aromatic N) is 1. The van der Waals surface area contributed by atoms with Crippen LogP contribution in [0.5, 0.6) is 5.75 Å². The Morgan fingerprint density at radius 1 is 1.08 bits per heavy atom. The summed E-state index contributed by atoms with van der Waals surface area (Å²) in [5.74, 6) is -0.465. The molecule has 0 aromatic heterocycles. The van der Waals surface area contributed by atoms with Crippen molar-refractivity contribution in [1.29, 1.82) is 0 Å². The van der Waals surface area contributed by atoms with Crippen molar-refractivity contribution in [2.24, 2.45) is 5.92 Å². The van der Waals surface area contributed by atoms with Crippen LogP contribution in [0.1, 0.15) is 23.2 Å². The first kappa shape index (κ1) is 17.9. The number of para-hydroxylation sites is 2. The van der Waals surface area contributed by atoms with Crippen molar-refractivity contribution in [3.63, 3.8) is 0 Å². The van der Waals surface area contributed by atoms with Crippen molar-refractivity contribution in [2.75, 3.05) is 25.5 Å². The van der Waals surface area contributed by atoms with E-state index in [0.717, 1.165) is 0 Å². The molecule has 6 heteroatoms. The minimum atomic E-state index is -0.454. The Kier molecular flexibility index (Phi) is 5.51. The maximum Gasteiger partial charge on any atom is 0.257 e. The number of hydrogen-bond acceptors (Lipinski definition) is 3. The highest BCUT2D eigenvalue weighted by Crippen LogP contribution is 2.24. The summed E-state index contributed by atoms with van der Waals surface area (Å²) < 4.78 is 18.9. The van der Waals surface area contributed by atoms with Gasteiger partial charge < -0.3 is 15.0 Å². The van der Waals surface area contributed by atoms with Crippen LogP contribution >= 0.6 is 0 Å². The van der Waals surface area contributed by atoms with E-state index in [0.29, 0.717) is 37.2 Å². The van der Waals surface area contributed by atoms with E-state index in [1.165, 1.54) is 19.2 Å². The standard InChI is InChI=1S/C20H21FN2O3/c1-26-18-9-5-2-6-15(18)20(25)23-12-10-14(11-13-23)19(24)22-17-8-4-3-7-16(17)21/h2-9,14H,10-13H2,1H3,(H,22,24). The third-order valence-electron chi connectivity index (χ3n) is 4.62. The number of anilines is 1. The van der Waals surface area contributed by atoms with E-state index in [1.807, 2.05) is 6.07 Å². The number of nitrogens with one attached hydrogen (secondary N) is 1. The second-order valence-corrected chi connectivity index (χ2v) is 6.24. The molecule has 0 atom stereocenters. The van der Waals surface area contributed by atoms with Crippen LogP contribution in [-0.2, 0) is 4.79 Å². The lowest BCUT2D eigenvalue weighted by atomic mass is 9.95. The monoisotopic (exact) mass is 356 g/mol. The Morgan fingerprint density at radius 2 is 1.73 bits per heavy atom. The molecule has 1 heterocycles. The number of rotatable bonds is 4. The van der Waals surface area contributed by atoms with Crippen molar-refractivity contribution in [2.45, 2.75) is 12.8 Å². The summed E-state index contributed by atoms with van der Waals surface area (Å²) in [6.07, 6.45) is 1.09. The number of carbonyl (C=O) groups excluding carboxylic acids is 2. The normalized spacial score (nSPS) is 14.8. The number of piperidine rings is 1. The predicted molar refractivity (Wildman–Crippen MR) is 96.7 cm³/mol. The van der Waals surface area contributed by atoms with Crippen LogP contribution in [0.4, 0.5) is 10.1 Å². The van der Waals surface area contributed by atoms with Gasteiger partial charge in [0, 0.05) is 19.0 Å². The van der Waals surface area contributed by atoms with Crippen molar-refractivity contribution in [3.05, 3.63) is 59.9 Å². The number of likely N-dealkylation sites (tertiary alicyclic amines) is 1. The molecule has 136 valence electrons. The molecule has 0 spiro atoms. The lowest BCUT2D eigenvalue weighted by molar-refractivity contribution is -0.121. The van der Waals surface area contributed by atoms with E-state index in [9.17, 15) is 14.0 Å². The van der Waals surface area contributed by atoms with Crippen LogP contribution in [0.3, 0.4) is 0 Å². The maximum atomic E-state index is 13.7. The van der Waals surface area contributed by atoms with Crippen LogP contribution in [0.15, 0.2) is 48.5 Å². The number of ether oxygens (including phenoxy) is 1. The Bertz CT molecular complexity index is 801. The molecule has 2 aromatic rings. The van der Waals surface area contributed by atoms with E-state index in [4.69, 9.17) is 4.74 Å². The SMILES string of the molecule is COc1ccccc1C(=O)N1CCC(C(=O)Nc2ccccc2F)CC1. The van der Waals surface area contributed by atoms with Crippen molar-refractivity contribution in [3.8, 4) is 5.75 Å². The molecule has 2 amide bonds. The number of hydrogen-bond donors (Lipinski definition) is 1. The second-order valence-electron chi connectivity index (χ2n) is 6.24.